The molecule has 1 saturated heterocycles. The average Bonchev–Trinajstić information content (AvgIpc) is 3.25. The van der Waals surface area contributed by atoms with E-state index in [0.29, 0.717) is 13.0 Å². The SMILES string of the molecule is CN(C)CCCN(C(=O)c1cn(-c2ccccc2)nn1)C1CCS(=O)(=O)C1. The molecule has 0 aliphatic carbocycles. The lowest BCUT2D eigenvalue weighted by Gasteiger charge is -2.28. The lowest BCUT2D eigenvalue weighted by atomic mass is 10.2. The Hall–Kier alpha value is -2.26. The largest absolute Gasteiger partial charge is 0.333 e. The minimum atomic E-state index is -3.08. The number of sulfone groups is 1. The fourth-order valence-electron chi connectivity index (χ4n) is 3.24. The van der Waals surface area contributed by atoms with E-state index in [1.807, 2.05) is 49.3 Å². The fourth-order valence-corrected chi connectivity index (χ4v) is 4.97. The predicted octanol–water partition coefficient (Wildman–Crippen LogP) is 0.848. The third kappa shape index (κ3) is 4.92. The number of carbonyl (C=O) groups excluding carboxylic acids is 1. The number of aromatic nitrogens is 3. The van der Waals surface area contributed by atoms with Crippen LogP contribution in [0, 0.1) is 0 Å². The summed E-state index contributed by atoms with van der Waals surface area (Å²) in [5.41, 5.74) is 1.04. The van der Waals surface area contributed by atoms with Gasteiger partial charge < -0.3 is 9.80 Å². The zero-order chi connectivity index (χ0) is 19.4. The number of benzene rings is 1. The molecule has 0 radical (unpaired) electrons. The molecule has 27 heavy (non-hydrogen) atoms. The van der Waals surface area contributed by atoms with Crippen LogP contribution in [-0.2, 0) is 9.84 Å². The summed E-state index contributed by atoms with van der Waals surface area (Å²) in [4.78, 5) is 16.8. The Morgan fingerprint density at radius 2 is 1.96 bits per heavy atom. The van der Waals surface area contributed by atoms with Crippen LogP contribution in [0.5, 0.6) is 0 Å². The Labute approximate surface area is 159 Å². The van der Waals surface area contributed by atoms with Crippen LogP contribution in [0.1, 0.15) is 23.3 Å². The van der Waals surface area contributed by atoms with Gasteiger partial charge in [-0.1, -0.05) is 23.4 Å². The van der Waals surface area contributed by atoms with E-state index in [9.17, 15) is 13.2 Å². The van der Waals surface area contributed by atoms with Gasteiger partial charge in [0.05, 0.1) is 23.4 Å². The maximum absolute atomic E-state index is 13.1. The molecule has 3 rings (SSSR count). The number of hydrogen-bond acceptors (Lipinski definition) is 6. The molecule has 8 nitrogen and oxygen atoms in total. The second kappa shape index (κ2) is 8.18. The molecular formula is C18H25N5O3S. The van der Waals surface area contributed by atoms with Gasteiger partial charge in [-0.15, -0.1) is 5.10 Å². The summed E-state index contributed by atoms with van der Waals surface area (Å²) in [7, 11) is 0.859. The summed E-state index contributed by atoms with van der Waals surface area (Å²) in [5, 5.41) is 8.07. The van der Waals surface area contributed by atoms with Crippen molar-refractivity contribution in [2.24, 2.45) is 0 Å². The summed E-state index contributed by atoms with van der Waals surface area (Å²) in [6.07, 6.45) is 2.84. The van der Waals surface area contributed by atoms with E-state index in [0.717, 1.165) is 18.7 Å². The van der Waals surface area contributed by atoms with Crippen molar-refractivity contribution in [3.8, 4) is 5.69 Å². The van der Waals surface area contributed by atoms with Crippen LogP contribution in [-0.4, -0.2) is 83.9 Å². The summed E-state index contributed by atoms with van der Waals surface area (Å²) in [5.74, 6) is -0.114. The Kier molecular flexibility index (Phi) is 5.91. The molecule has 1 unspecified atom stereocenters. The first-order valence-corrected chi connectivity index (χ1v) is 10.8. The Morgan fingerprint density at radius 1 is 1.22 bits per heavy atom. The standard InChI is InChI=1S/C18H25N5O3S/c1-21(2)10-6-11-22(16-9-12-27(25,26)14-16)18(24)17-13-23(20-19-17)15-7-4-3-5-8-15/h3-5,7-8,13,16H,6,9-12,14H2,1-2H3. The quantitative estimate of drug-likeness (QED) is 0.695. The Balaban J connectivity index is 1.79. The van der Waals surface area contributed by atoms with Crippen molar-refractivity contribution >= 4 is 15.7 Å². The second-order valence-electron chi connectivity index (χ2n) is 7.10. The van der Waals surface area contributed by atoms with E-state index < -0.39 is 9.84 Å². The molecule has 146 valence electrons. The minimum Gasteiger partial charge on any atom is -0.333 e. The number of amides is 1. The summed E-state index contributed by atoms with van der Waals surface area (Å²) in [6.45, 7) is 1.31. The molecule has 2 heterocycles. The van der Waals surface area contributed by atoms with Crippen LogP contribution in [0.25, 0.3) is 5.69 Å². The maximum Gasteiger partial charge on any atom is 0.276 e. The van der Waals surface area contributed by atoms with Crippen molar-refractivity contribution in [3.05, 3.63) is 42.2 Å². The highest BCUT2D eigenvalue weighted by Gasteiger charge is 2.35. The maximum atomic E-state index is 13.1. The monoisotopic (exact) mass is 391 g/mol. The third-order valence-electron chi connectivity index (χ3n) is 4.65. The molecule has 1 atom stereocenters. The van der Waals surface area contributed by atoms with Gasteiger partial charge in [-0.05, 0) is 45.6 Å². The molecule has 0 spiro atoms. The van der Waals surface area contributed by atoms with Crippen LogP contribution in [0.3, 0.4) is 0 Å². The zero-order valence-corrected chi connectivity index (χ0v) is 16.5. The number of nitrogens with zero attached hydrogens (tertiary/aromatic N) is 5. The summed E-state index contributed by atoms with van der Waals surface area (Å²) >= 11 is 0. The number of para-hydroxylation sites is 1. The average molecular weight is 391 g/mol. The molecule has 9 heteroatoms. The summed E-state index contributed by atoms with van der Waals surface area (Å²) < 4.78 is 25.3. The number of rotatable bonds is 7. The molecule has 1 aliphatic heterocycles. The van der Waals surface area contributed by atoms with Crippen molar-refractivity contribution in [2.75, 3.05) is 38.7 Å². The lowest BCUT2D eigenvalue weighted by molar-refractivity contribution is 0.0684. The Morgan fingerprint density at radius 3 is 2.59 bits per heavy atom. The van der Waals surface area contributed by atoms with Gasteiger partial charge in [-0.25, -0.2) is 13.1 Å². The topological polar surface area (TPSA) is 88.4 Å². The first-order valence-electron chi connectivity index (χ1n) is 8.99. The lowest BCUT2D eigenvalue weighted by Crippen LogP contribution is -2.42. The van der Waals surface area contributed by atoms with E-state index >= 15 is 0 Å². The van der Waals surface area contributed by atoms with Gasteiger partial charge in [-0.2, -0.15) is 0 Å². The van der Waals surface area contributed by atoms with Crippen LogP contribution in [0.4, 0.5) is 0 Å². The van der Waals surface area contributed by atoms with Gasteiger partial charge in [0.1, 0.15) is 0 Å². The first kappa shape index (κ1) is 19.5. The van der Waals surface area contributed by atoms with Crippen molar-refractivity contribution < 1.29 is 13.2 Å². The zero-order valence-electron chi connectivity index (χ0n) is 15.7. The van der Waals surface area contributed by atoms with Crippen LogP contribution in [0.2, 0.25) is 0 Å². The molecule has 2 aromatic rings. The van der Waals surface area contributed by atoms with Crippen molar-refractivity contribution in [2.45, 2.75) is 18.9 Å². The normalized spacial score (nSPS) is 18.7. The van der Waals surface area contributed by atoms with E-state index in [-0.39, 0.29) is 29.1 Å². The summed E-state index contributed by atoms with van der Waals surface area (Å²) in [6, 6.07) is 9.12. The highest BCUT2D eigenvalue weighted by atomic mass is 32.2. The highest BCUT2D eigenvalue weighted by Crippen LogP contribution is 2.20. The van der Waals surface area contributed by atoms with Gasteiger partial charge in [0, 0.05) is 12.6 Å². The molecule has 1 amide bonds. The van der Waals surface area contributed by atoms with Crippen LogP contribution < -0.4 is 0 Å². The molecule has 1 aromatic heterocycles. The van der Waals surface area contributed by atoms with E-state index in [1.165, 1.54) is 0 Å². The molecule has 0 bridgehead atoms. The third-order valence-corrected chi connectivity index (χ3v) is 6.40. The van der Waals surface area contributed by atoms with E-state index in [4.69, 9.17) is 0 Å². The molecule has 1 fully saturated rings. The van der Waals surface area contributed by atoms with Gasteiger partial charge in [0.15, 0.2) is 15.5 Å². The van der Waals surface area contributed by atoms with E-state index in [2.05, 4.69) is 10.3 Å². The van der Waals surface area contributed by atoms with Gasteiger partial charge in [-0.3, -0.25) is 4.79 Å². The Bertz CT molecular complexity index is 879. The minimum absolute atomic E-state index is 0.0214. The van der Waals surface area contributed by atoms with Crippen molar-refractivity contribution in [3.63, 3.8) is 0 Å². The van der Waals surface area contributed by atoms with Gasteiger partial charge >= 0.3 is 0 Å². The van der Waals surface area contributed by atoms with Crippen LogP contribution in [0.15, 0.2) is 36.5 Å². The molecule has 1 aromatic carbocycles. The van der Waals surface area contributed by atoms with Crippen LogP contribution >= 0.6 is 0 Å². The fraction of sp³-hybridized carbons (Fsp3) is 0.500. The molecule has 1 aliphatic rings. The number of hydrogen-bond donors (Lipinski definition) is 0. The second-order valence-corrected chi connectivity index (χ2v) is 9.32. The highest BCUT2D eigenvalue weighted by molar-refractivity contribution is 7.91. The molecular weight excluding hydrogens is 366 g/mol. The van der Waals surface area contributed by atoms with Crippen molar-refractivity contribution in [1.29, 1.82) is 0 Å². The van der Waals surface area contributed by atoms with Crippen molar-refractivity contribution in [1.82, 2.24) is 24.8 Å². The smallest absolute Gasteiger partial charge is 0.276 e. The first-order chi connectivity index (χ1) is 12.9. The molecule has 0 saturated carbocycles. The molecule has 0 N–H and O–H groups in total. The number of carbonyl (C=O) groups is 1. The van der Waals surface area contributed by atoms with Gasteiger partial charge in [0.25, 0.3) is 5.91 Å². The van der Waals surface area contributed by atoms with Gasteiger partial charge in [0.2, 0.25) is 0 Å². The predicted molar refractivity (Wildman–Crippen MR) is 103 cm³/mol. The van der Waals surface area contributed by atoms with E-state index in [1.54, 1.807) is 15.8 Å².